The summed E-state index contributed by atoms with van der Waals surface area (Å²) in [5.41, 5.74) is 5.93. The van der Waals surface area contributed by atoms with Gasteiger partial charge >= 0.3 is 6.18 Å². The Morgan fingerprint density at radius 2 is 1.95 bits per heavy atom. The smallest absolute Gasteiger partial charge is 0.368 e. The summed E-state index contributed by atoms with van der Waals surface area (Å²) in [6.07, 6.45) is -2.07. The summed E-state index contributed by atoms with van der Waals surface area (Å²) in [6, 6.07) is 1.90. The molecule has 0 fully saturated rings. The summed E-state index contributed by atoms with van der Waals surface area (Å²) >= 11 is 0. The highest BCUT2D eigenvalue weighted by Crippen LogP contribution is 2.28. The van der Waals surface area contributed by atoms with Crippen LogP contribution in [-0.2, 0) is 19.3 Å². The zero-order valence-electron chi connectivity index (χ0n) is 11.1. The number of pyridine rings is 1. The number of nitrogens with zero attached hydrogens (tertiary/aromatic N) is 4. The van der Waals surface area contributed by atoms with Crippen molar-refractivity contribution in [3.8, 4) is 0 Å². The Labute approximate surface area is 122 Å². The van der Waals surface area contributed by atoms with Crippen LogP contribution in [0.5, 0.6) is 0 Å². The van der Waals surface area contributed by atoms with Gasteiger partial charge in [0.1, 0.15) is 5.69 Å². The Hall–Kier alpha value is -2.71. The van der Waals surface area contributed by atoms with Gasteiger partial charge in [0, 0.05) is 24.5 Å². The Morgan fingerprint density at radius 3 is 2.59 bits per heavy atom. The normalized spacial score (nSPS) is 14.0. The van der Waals surface area contributed by atoms with Gasteiger partial charge in [0.2, 0.25) is 5.95 Å². The number of nitrogens with two attached hydrogens (primary N) is 1. The third-order valence-corrected chi connectivity index (χ3v) is 3.26. The molecule has 0 spiro atoms. The van der Waals surface area contributed by atoms with E-state index in [1.165, 1.54) is 11.1 Å². The summed E-state index contributed by atoms with van der Waals surface area (Å²) in [7, 11) is 0. The zero-order chi connectivity index (χ0) is 15.9. The minimum Gasteiger partial charge on any atom is -0.368 e. The number of hydrogen-bond acceptors (Lipinski definition) is 5. The van der Waals surface area contributed by atoms with Crippen LogP contribution in [0.2, 0.25) is 0 Å². The molecule has 1 amide bonds. The van der Waals surface area contributed by atoms with E-state index in [1.807, 2.05) is 0 Å². The molecular weight excluding hydrogens is 299 g/mol. The summed E-state index contributed by atoms with van der Waals surface area (Å²) in [5.74, 6) is -0.304. The van der Waals surface area contributed by atoms with Crippen LogP contribution < -0.4 is 5.73 Å². The third kappa shape index (κ3) is 2.57. The summed E-state index contributed by atoms with van der Waals surface area (Å²) in [5, 5.41) is 0. The van der Waals surface area contributed by atoms with Crippen molar-refractivity contribution in [2.24, 2.45) is 0 Å². The molecule has 22 heavy (non-hydrogen) atoms. The highest BCUT2D eigenvalue weighted by atomic mass is 19.4. The van der Waals surface area contributed by atoms with Gasteiger partial charge in [-0.15, -0.1) is 0 Å². The molecule has 0 saturated carbocycles. The van der Waals surface area contributed by atoms with Gasteiger partial charge in [-0.05, 0) is 12.1 Å². The van der Waals surface area contributed by atoms with E-state index in [0.29, 0.717) is 5.69 Å². The van der Waals surface area contributed by atoms with Crippen molar-refractivity contribution in [3.63, 3.8) is 0 Å². The number of anilines is 1. The van der Waals surface area contributed by atoms with E-state index in [0.717, 1.165) is 23.9 Å². The summed E-state index contributed by atoms with van der Waals surface area (Å²) in [6.45, 7) is 0.525. The molecule has 2 aromatic heterocycles. The SMILES string of the molecule is Nc1ncc2c(n1)CN(C(=O)c1ccc(C(F)(F)F)nc1)C2. The molecule has 0 saturated heterocycles. The predicted octanol–water partition coefficient (Wildman–Crippen LogP) is 1.63. The first-order valence-electron chi connectivity index (χ1n) is 6.27. The van der Waals surface area contributed by atoms with Gasteiger partial charge in [-0.1, -0.05) is 0 Å². The third-order valence-electron chi connectivity index (χ3n) is 3.26. The van der Waals surface area contributed by atoms with Gasteiger partial charge in [-0.3, -0.25) is 9.78 Å². The summed E-state index contributed by atoms with van der Waals surface area (Å²) in [4.78, 5) is 24.9. The molecule has 114 valence electrons. The van der Waals surface area contributed by atoms with Gasteiger partial charge < -0.3 is 10.6 Å². The van der Waals surface area contributed by atoms with Crippen molar-refractivity contribution < 1.29 is 18.0 Å². The lowest BCUT2D eigenvalue weighted by Crippen LogP contribution is -2.25. The van der Waals surface area contributed by atoms with Crippen LogP contribution in [0.3, 0.4) is 0 Å². The van der Waals surface area contributed by atoms with Crippen LogP contribution in [-0.4, -0.2) is 25.8 Å². The van der Waals surface area contributed by atoms with Crippen LogP contribution >= 0.6 is 0 Å². The molecule has 3 heterocycles. The Balaban J connectivity index is 1.78. The number of nitrogen functional groups attached to an aromatic ring is 1. The molecule has 2 N–H and O–H groups in total. The molecule has 1 aliphatic rings. The standard InChI is InChI=1S/C13H10F3N5O/c14-13(15,16)10-2-1-7(3-18-10)11(22)21-5-8-4-19-12(17)20-9(8)6-21/h1-4H,5-6H2,(H2,17,19,20). The van der Waals surface area contributed by atoms with Crippen molar-refractivity contribution in [1.82, 2.24) is 19.9 Å². The highest BCUT2D eigenvalue weighted by molar-refractivity contribution is 5.94. The molecule has 0 radical (unpaired) electrons. The zero-order valence-corrected chi connectivity index (χ0v) is 11.1. The first kappa shape index (κ1) is 14.2. The number of hydrogen-bond donors (Lipinski definition) is 1. The maximum atomic E-state index is 12.5. The number of alkyl halides is 3. The average Bonchev–Trinajstić information content (AvgIpc) is 2.88. The number of amides is 1. The van der Waals surface area contributed by atoms with Crippen molar-refractivity contribution in [1.29, 1.82) is 0 Å². The van der Waals surface area contributed by atoms with Crippen LogP contribution in [0.15, 0.2) is 24.5 Å². The molecule has 6 nitrogen and oxygen atoms in total. The molecular formula is C13H10F3N5O. The van der Waals surface area contributed by atoms with E-state index in [9.17, 15) is 18.0 Å². The van der Waals surface area contributed by atoms with Crippen molar-refractivity contribution in [3.05, 3.63) is 47.0 Å². The fourth-order valence-electron chi connectivity index (χ4n) is 2.18. The van der Waals surface area contributed by atoms with Gasteiger partial charge in [-0.2, -0.15) is 13.2 Å². The molecule has 0 bridgehead atoms. The first-order chi connectivity index (χ1) is 10.3. The Bertz CT molecular complexity index is 729. The summed E-state index contributed by atoms with van der Waals surface area (Å²) < 4.78 is 37.4. The van der Waals surface area contributed by atoms with Crippen molar-refractivity contribution >= 4 is 11.9 Å². The number of fused-ring (bicyclic) bond motifs is 1. The fourth-order valence-corrected chi connectivity index (χ4v) is 2.18. The molecule has 9 heteroatoms. The molecule has 0 unspecified atom stereocenters. The van der Waals surface area contributed by atoms with E-state index in [4.69, 9.17) is 5.73 Å². The number of halogens is 3. The molecule has 0 aromatic carbocycles. The minimum atomic E-state index is -4.53. The van der Waals surface area contributed by atoms with E-state index in [2.05, 4.69) is 15.0 Å². The lowest BCUT2D eigenvalue weighted by atomic mass is 10.2. The topological polar surface area (TPSA) is 85.0 Å². The van der Waals surface area contributed by atoms with Crippen LogP contribution in [0, 0.1) is 0 Å². The number of carbonyl (C=O) groups is 1. The Morgan fingerprint density at radius 1 is 1.18 bits per heavy atom. The minimum absolute atomic E-state index is 0.0849. The highest BCUT2D eigenvalue weighted by Gasteiger charge is 2.33. The second-order valence-corrected chi connectivity index (χ2v) is 4.79. The van der Waals surface area contributed by atoms with Crippen molar-refractivity contribution in [2.45, 2.75) is 19.3 Å². The number of aromatic nitrogens is 3. The van der Waals surface area contributed by atoms with E-state index >= 15 is 0 Å². The first-order valence-corrected chi connectivity index (χ1v) is 6.27. The quantitative estimate of drug-likeness (QED) is 0.865. The predicted molar refractivity (Wildman–Crippen MR) is 69.3 cm³/mol. The van der Waals surface area contributed by atoms with Gasteiger partial charge in [-0.25, -0.2) is 9.97 Å². The number of rotatable bonds is 1. The largest absolute Gasteiger partial charge is 0.433 e. The van der Waals surface area contributed by atoms with Gasteiger partial charge in [0.05, 0.1) is 17.8 Å². The second-order valence-electron chi connectivity index (χ2n) is 4.79. The number of carbonyl (C=O) groups excluding carboxylic acids is 1. The molecule has 0 aliphatic carbocycles. The van der Waals surface area contributed by atoms with E-state index in [1.54, 1.807) is 0 Å². The molecule has 3 rings (SSSR count). The van der Waals surface area contributed by atoms with Gasteiger partial charge in [0.15, 0.2) is 0 Å². The fraction of sp³-hybridized carbons (Fsp3) is 0.231. The maximum absolute atomic E-state index is 12.5. The molecule has 2 aromatic rings. The average molecular weight is 309 g/mol. The van der Waals surface area contributed by atoms with Gasteiger partial charge in [0.25, 0.3) is 5.91 Å². The van der Waals surface area contributed by atoms with Crippen molar-refractivity contribution in [2.75, 3.05) is 5.73 Å². The molecule has 0 atom stereocenters. The maximum Gasteiger partial charge on any atom is 0.433 e. The van der Waals surface area contributed by atoms with Crippen LogP contribution in [0.4, 0.5) is 19.1 Å². The van der Waals surface area contributed by atoms with E-state index in [-0.39, 0.29) is 24.6 Å². The Kier molecular flexibility index (Phi) is 3.19. The van der Waals surface area contributed by atoms with Crippen LogP contribution in [0.25, 0.3) is 0 Å². The van der Waals surface area contributed by atoms with E-state index < -0.39 is 17.8 Å². The monoisotopic (exact) mass is 309 g/mol. The second kappa shape index (κ2) is 4.93. The lowest BCUT2D eigenvalue weighted by molar-refractivity contribution is -0.141. The van der Waals surface area contributed by atoms with Crippen LogP contribution in [0.1, 0.15) is 27.3 Å². The lowest BCUT2D eigenvalue weighted by Gasteiger charge is -2.15. The molecule has 1 aliphatic heterocycles.